The number of benzene rings is 1. The topological polar surface area (TPSA) is 141 Å². The van der Waals surface area contributed by atoms with E-state index >= 15 is 0 Å². The van der Waals surface area contributed by atoms with E-state index in [1.807, 2.05) is 0 Å². The van der Waals surface area contributed by atoms with Crippen molar-refractivity contribution in [1.82, 2.24) is 34.1 Å². The summed E-state index contributed by atoms with van der Waals surface area (Å²) >= 11 is 5.87. The van der Waals surface area contributed by atoms with E-state index in [4.69, 9.17) is 11.6 Å². The normalized spacial score (nSPS) is 12.6. The van der Waals surface area contributed by atoms with Gasteiger partial charge in [-0.25, -0.2) is 23.9 Å². The first-order valence-electron chi connectivity index (χ1n) is 9.81. The zero-order valence-corrected chi connectivity index (χ0v) is 18.2. The Balaban J connectivity index is 1.71. The number of carboxylic acid groups (broad SMARTS) is 1. The molecular weight excluding hydrogens is 495 g/mol. The fraction of sp³-hybridized carbons (Fsp3) is 0.200. The first-order chi connectivity index (χ1) is 16.5. The van der Waals surface area contributed by atoms with Gasteiger partial charge in [-0.1, -0.05) is 11.6 Å². The summed E-state index contributed by atoms with van der Waals surface area (Å²) in [6.45, 7) is -1.43. The van der Waals surface area contributed by atoms with Crippen molar-refractivity contribution in [1.29, 1.82) is 0 Å². The molecule has 0 saturated carbocycles. The highest BCUT2D eigenvalue weighted by Crippen LogP contribution is 2.24. The Bertz CT molecular complexity index is 1430. The van der Waals surface area contributed by atoms with Gasteiger partial charge in [0.15, 0.2) is 17.8 Å². The Morgan fingerprint density at radius 2 is 1.86 bits per heavy atom. The van der Waals surface area contributed by atoms with Crippen LogP contribution in [0.4, 0.5) is 13.2 Å². The van der Waals surface area contributed by atoms with Gasteiger partial charge in [-0.3, -0.25) is 9.55 Å². The largest absolute Gasteiger partial charge is 0.478 e. The number of carbonyl (C=O) groups is 1. The molecule has 0 radical (unpaired) electrons. The lowest BCUT2D eigenvalue weighted by Crippen LogP contribution is -2.37. The molecule has 0 spiro atoms. The highest BCUT2D eigenvalue weighted by atomic mass is 35.5. The van der Waals surface area contributed by atoms with Crippen LogP contribution in [-0.4, -0.2) is 62.6 Å². The number of pyridine rings is 1. The van der Waals surface area contributed by atoms with E-state index in [1.54, 1.807) is 0 Å². The van der Waals surface area contributed by atoms with Crippen LogP contribution in [0.25, 0.3) is 17.1 Å². The Labute approximate surface area is 198 Å². The molecular formula is C20H15ClF3N7O4. The maximum absolute atomic E-state index is 13.0. The lowest BCUT2D eigenvalue weighted by atomic mass is 10.2. The summed E-state index contributed by atoms with van der Waals surface area (Å²) < 4.78 is 41.6. The molecule has 3 aromatic heterocycles. The maximum atomic E-state index is 13.0. The number of hydrogen-bond acceptors (Lipinski definition) is 7. The van der Waals surface area contributed by atoms with Gasteiger partial charge in [0, 0.05) is 16.8 Å². The van der Waals surface area contributed by atoms with Crippen LogP contribution in [0.1, 0.15) is 16.2 Å². The Morgan fingerprint density at radius 1 is 1.14 bits per heavy atom. The second-order valence-corrected chi connectivity index (χ2v) is 7.68. The molecule has 35 heavy (non-hydrogen) atoms. The van der Waals surface area contributed by atoms with Crippen molar-refractivity contribution in [2.24, 2.45) is 0 Å². The van der Waals surface area contributed by atoms with Crippen LogP contribution in [-0.2, 0) is 13.1 Å². The maximum Gasteiger partial charge on any atom is 0.416 e. The van der Waals surface area contributed by atoms with Crippen molar-refractivity contribution in [3.8, 4) is 17.1 Å². The third kappa shape index (κ3) is 5.07. The van der Waals surface area contributed by atoms with E-state index in [9.17, 15) is 33.0 Å². The van der Waals surface area contributed by atoms with Crippen LogP contribution in [0.3, 0.4) is 0 Å². The molecule has 0 saturated heterocycles. The zero-order chi connectivity index (χ0) is 25.3. The molecule has 15 heteroatoms. The molecule has 0 aliphatic carbocycles. The summed E-state index contributed by atoms with van der Waals surface area (Å²) in [5.41, 5.74) is -0.627. The van der Waals surface area contributed by atoms with Crippen LogP contribution in [0.5, 0.6) is 0 Å². The standard InChI is InChI=1S/C20H15ClF3N7O4/c21-12-3-1-11(2-4-12)17-28-30(19(35)29(17)8-15(32)20(22,23)24)9-16-26-10-31(27-16)14-7-25-6-5-13(14)18(33)34/h1-7,10,15,32H,8-9H2,(H,33,34)/t15-/m0/s1. The van der Waals surface area contributed by atoms with Gasteiger partial charge in [0.05, 0.1) is 24.0 Å². The number of aromatic carboxylic acids is 1. The predicted molar refractivity (Wildman–Crippen MR) is 114 cm³/mol. The lowest BCUT2D eigenvalue weighted by molar-refractivity contribution is -0.207. The molecule has 182 valence electrons. The van der Waals surface area contributed by atoms with Crippen molar-refractivity contribution in [3.05, 3.63) is 75.9 Å². The molecule has 2 N–H and O–H groups in total. The number of halogens is 4. The van der Waals surface area contributed by atoms with E-state index in [0.717, 1.165) is 9.36 Å². The number of rotatable bonds is 7. The first-order valence-corrected chi connectivity index (χ1v) is 10.2. The monoisotopic (exact) mass is 509 g/mol. The molecule has 0 amide bonds. The summed E-state index contributed by atoms with van der Waals surface area (Å²) in [6.07, 6.45) is -4.00. The van der Waals surface area contributed by atoms with Crippen LogP contribution >= 0.6 is 11.6 Å². The van der Waals surface area contributed by atoms with Crippen LogP contribution < -0.4 is 5.69 Å². The van der Waals surface area contributed by atoms with Crippen molar-refractivity contribution in [2.45, 2.75) is 25.4 Å². The van der Waals surface area contributed by atoms with Gasteiger partial charge in [-0.05, 0) is 30.3 Å². The van der Waals surface area contributed by atoms with Crippen molar-refractivity contribution in [3.63, 3.8) is 0 Å². The minimum Gasteiger partial charge on any atom is -0.478 e. The van der Waals surface area contributed by atoms with Gasteiger partial charge in [-0.2, -0.15) is 13.2 Å². The summed E-state index contributed by atoms with van der Waals surface area (Å²) in [5.74, 6) is -1.32. The highest BCUT2D eigenvalue weighted by molar-refractivity contribution is 6.30. The smallest absolute Gasteiger partial charge is 0.416 e. The van der Waals surface area contributed by atoms with E-state index < -0.39 is 30.5 Å². The Kier molecular flexibility index (Phi) is 6.41. The zero-order valence-electron chi connectivity index (χ0n) is 17.5. The summed E-state index contributed by atoms with van der Waals surface area (Å²) in [7, 11) is 0. The number of aromatic nitrogens is 7. The molecule has 0 aliphatic heterocycles. The number of aliphatic hydroxyl groups excluding tert-OH is 1. The van der Waals surface area contributed by atoms with E-state index in [-0.39, 0.29) is 29.4 Å². The summed E-state index contributed by atoms with van der Waals surface area (Å²) in [6, 6.07) is 7.15. The Morgan fingerprint density at radius 3 is 2.51 bits per heavy atom. The minimum absolute atomic E-state index is 0.0240. The van der Waals surface area contributed by atoms with Crippen molar-refractivity contribution in [2.75, 3.05) is 0 Å². The van der Waals surface area contributed by atoms with Crippen LogP contribution in [0.15, 0.2) is 53.8 Å². The number of aliphatic hydroxyl groups is 1. The molecule has 0 fully saturated rings. The van der Waals surface area contributed by atoms with Crippen molar-refractivity contribution >= 4 is 17.6 Å². The molecule has 0 bridgehead atoms. The predicted octanol–water partition coefficient (Wildman–Crippen LogP) is 2.01. The molecule has 4 aromatic rings. The number of alkyl halides is 3. The molecule has 11 nitrogen and oxygen atoms in total. The summed E-state index contributed by atoms with van der Waals surface area (Å²) in [5, 5.41) is 27.5. The number of hydrogen-bond donors (Lipinski definition) is 2. The number of nitrogens with zero attached hydrogens (tertiary/aromatic N) is 7. The summed E-state index contributed by atoms with van der Waals surface area (Å²) in [4.78, 5) is 32.3. The average molecular weight is 510 g/mol. The SMILES string of the molecule is O=C(O)c1ccncc1-n1cnc(Cn2nc(-c3ccc(Cl)cc3)n(C[C@H](O)C(F)(F)F)c2=O)n1. The molecule has 1 atom stereocenters. The third-order valence-corrected chi connectivity index (χ3v) is 5.12. The van der Waals surface area contributed by atoms with Gasteiger partial charge in [-0.15, -0.1) is 10.2 Å². The lowest BCUT2D eigenvalue weighted by Gasteiger charge is -2.15. The van der Waals surface area contributed by atoms with Crippen molar-refractivity contribution < 1.29 is 28.2 Å². The minimum atomic E-state index is -4.95. The molecule has 3 heterocycles. The number of carboxylic acids is 1. The van der Waals surface area contributed by atoms with Gasteiger partial charge in [0.25, 0.3) is 0 Å². The highest BCUT2D eigenvalue weighted by Gasteiger charge is 2.39. The quantitative estimate of drug-likeness (QED) is 0.385. The van der Waals surface area contributed by atoms with Gasteiger partial charge in [0.2, 0.25) is 0 Å². The molecule has 4 rings (SSSR count). The van der Waals surface area contributed by atoms with Gasteiger partial charge in [0.1, 0.15) is 12.9 Å². The fourth-order valence-electron chi connectivity index (χ4n) is 3.17. The second kappa shape index (κ2) is 9.31. The van der Waals surface area contributed by atoms with Gasteiger partial charge < -0.3 is 10.2 Å². The third-order valence-electron chi connectivity index (χ3n) is 4.87. The van der Waals surface area contributed by atoms with Crippen LogP contribution in [0.2, 0.25) is 5.02 Å². The first kappa shape index (κ1) is 24.1. The second-order valence-electron chi connectivity index (χ2n) is 7.24. The fourth-order valence-corrected chi connectivity index (χ4v) is 3.29. The Hall–Kier alpha value is -4.04. The molecule has 0 unspecified atom stereocenters. The van der Waals surface area contributed by atoms with E-state index in [2.05, 4.69) is 20.2 Å². The molecule has 0 aliphatic rings. The van der Waals surface area contributed by atoms with Crippen LogP contribution in [0, 0.1) is 0 Å². The molecule has 1 aromatic carbocycles. The average Bonchev–Trinajstić information content (AvgIpc) is 3.39. The van der Waals surface area contributed by atoms with E-state index in [1.165, 1.54) is 49.1 Å². The van der Waals surface area contributed by atoms with Gasteiger partial charge >= 0.3 is 17.8 Å². The van der Waals surface area contributed by atoms with E-state index in [0.29, 0.717) is 15.2 Å².